The molecule has 0 atom stereocenters. The third kappa shape index (κ3) is 5.37. The van der Waals surface area contributed by atoms with Crippen LogP contribution in [0, 0.1) is 13.8 Å². The average Bonchev–Trinajstić information content (AvgIpc) is 2.65. The van der Waals surface area contributed by atoms with Crippen molar-refractivity contribution in [3.8, 4) is 0 Å². The Morgan fingerprint density at radius 1 is 0.931 bits per heavy atom. The van der Waals surface area contributed by atoms with Crippen LogP contribution in [0.2, 0.25) is 5.02 Å². The average molecular weight is 429 g/mol. The highest BCUT2D eigenvalue weighted by Gasteiger charge is 2.17. The number of amides is 1. The number of halogens is 1. The number of anilines is 2. The Labute approximate surface area is 175 Å². The van der Waals surface area contributed by atoms with Crippen molar-refractivity contribution >= 4 is 38.9 Å². The lowest BCUT2D eigenvalue weighted by molar-refractivity contribution is -0.115. The van der Waals surface area contributed by atoms with Crippen molar-refractivity contribution in [3.05, 3.63) is 88.4 Å². The predicted molar refractivity (Wildman–Crippen MR) is 117 cm³/mol. The van der Waals surface area contributed by atoms with Gasteiger partial charge in [0.1, 0.15) is 0 Å². The summed E-state index contributed by atoms with van der Waals surface area (Å²) >= 11 is 5.92. The number of nitrogens with one attached hydrogen (secondary N) is 2. The highest BCUT2D eigenvalue weighted by atomic mass is 35.5. The van der Waals surface area contributed by atoms with Gasteiger partial charge in [-0.25, -0.2) is 8.42 Å². The van der Waals surface area contributed by atoms with E-state index in [2.05, 4.69) is 10.0 Å². The van der Waals surface area contributed by atoms with Crippen molar-refractivity contribution in [3.63, 3.8) is 0 Å². The van der Waals surface area contributed by atoms with Gasteiger partial charge in [-0.1, -0.05) is 48.0 Å². The molecule has 0 saturated carbocycles. The predicted octanol–water partition coefficient (Wildman–Crippen LogP) is 4.94. The van der Waals surface area contributed by atoms with Gasteiger partial charge in [-0.3, -0.25) is 9.52 Å². The fourth-order valence-corrected chi connectivity index (χ4v) is 4.11. The summed E-state index contributed by atoms with van der Waals surface area (Å²) in [5.74, 6) is -0.209. The van der Waals surface area contributed by atoms with E-state index in [1.807, 2.05) is 38.1 Å². The van der Waals surface area contributed by atoms with Crippen LogP contribution in [-0.2, 0) is 21.2 Å². The van der Waals surface area contributed by atoms with Gasteiger partial charge in [0.25, 0.3) is 10.0 Å². The highest BCUT2D eigenvalue weighted by molar-refractivity contribution is 7.92. The number of benzene rings is 3. The summed E-state index contributed by atoms with van der Waals surface area (Å²) in [6, 6.07) is 18.7. The molecule has 3 rings (SSSR count). The molecule has 0 aliphatic rings. The van der Waals surface area contributed by atoms with Crippen molar-refractivity contribution in [1.29, 1.82) is 0 Å². The summed E-state index contributed by atoms with van der Waals surface area (Å²) < 4.78 is 28.0. The van der Waals surface area contributed by atoms with E-state index in [-0.39, 0.29) is 17.2 Å². The fraction of sp³-hybridized carbons (Fsp3) is 0.136. The topological polar surface area (TPSA) is 75.3 Å². The number of sulfonamides is 1. The molecule has 0 aliphatic carbocycles. The maximum Gasteiger partial charge on any atom is 0.261 e. The molecule has 1 amide bonds. The van der Waals surface area contributed by atoms with E-state index in [1.165, 1.54) is 18.2 Å². The Balaban J connectivity index is 1.80. The normalized spacial score (nSPS) is 11.1. The maximum absolute atomic E-state index is 12.7. The molecule has 3 aromatic carbocycles. The van der Waals surface area contributed by atoms with E-state index in [0.29, 0.717) is 16.4 Å². The summed E-state index contributed by atoms with van der Waals surface area (Å²) in [5.41, 5.74) is 3.54. The molecule has 7 heteroatoms. The molecule has 0 unspecified atom stereocenters. The number of hydrogen-bond donors (Lipinski definition) is 2. The smallest absolute Gasteiger partial charge is 0.261 e. The van der Waals surface area contributed by atoms with Gasteiger partial charge in [0.15, 0.2) is 0 Å². The van der Waals surface area contributed by atoms with Crippen molar-refractivity contribution in [2.75, 3.05) is 10.0 Å². The van der Waals surface area contributed by atoms with Gasteiger partial charge in [-0.15, -0.1) is 0 Å². The number of carbonyl (C=O) groups is 1. The quantitative estimate of drug-likeness (QED) is 0.584. The van der Waals surface area contributed by atoms with Crippen LogP contribution in [0.25, 0.3) is 0 Å². The first-order valence-electron chi connectivity index (χ1n) is 8.98. The van der Waals surface area contributed by atoms with Gasteiger partial charge in [0.05, 0.1) is 17.0 Å². The van der Waals surface area contributed by atoms with Crippen LogP contribution in [0.4, 0.5) is 11.4 Å². The maximum atomic E-state index is 12.7. The summed E-state index contributed by atoms with van der Waals surface area (Å²) in [5, 5.41) is 3.25. The van der Waals surface area contributed by atoms with E-state index in [9.17, 15) is 13.2 Å². The van der Waals surface area contributed by atoms with Crippen LogP contribution < -0.4 is 10.0 Å². The highest BCUT2D eigenvalue weighted by Crippen LogP contribution is 2.24. The molecule has 0 spiro atoms. The van der Waals surface area contributed by atoms with E-state index in [1.54, 1.807) is 24.3 Å². The minimum Gasteiger partial charge on any atom is -0.326 e. The van der Waals surface area contributed by atoms with Crippen molar-refractivity contribution in [2.24, 2.45) is 0 Å². The van der Waals surface area contributed by atoms with Gasteiger partial charge in [-0.05, 0) is 60.9 Å². The van der Waals surface area contributed by atoms with Crippen LogP contribution in [0.3, 0.4) is 0 Å². The van der Waals surface area contributed by atoms with Crippen molar-refractivity contribution < 1.29 is 13.2 Å². The molecule has 0 fully saturated rings. The Morgan fingerprint density at radius 3 is 2.41 bits per heavy atom. The fourth-order valence-electron chi connectivity index (χ4n) is 2.84. The zero-order valence-corrected chi connectivity index (χ0v) is 17.6. The molecular formula is C22H21ClN2O3S. The third-order valence-corrected chi connectivity index (χ3v) is 6.10. The summed E-state index contributed by atoms with van der Waals surface area (Å²) in [6.45, 7) is 3.76. The second kappa shape index (κ2) is 8.68. The summed E-state index contributed by atoms with van der Waals surface area (Å²) in [7, 11) is -3.83. The molecule has 0 bridgehead atoms. The Kier molecular flexibility index (Phi) is 6.25. The zero-order chi connectivity index (χ0) is 21.0. The molecule has 0 heterocycles. The number of aryl methyl sites for hydroxylation is 2. The van der Waals surface area contributed by atoms with Crippen LogP contribution in [-0.4, -0.2) is 14.3 Å². The molecule has 0 aliphatic heterocycles. The molecule has 29 heavy (non-hydrogen) atoms. The zero-order valence-electron chi connectivity index (χ0n) is 16.1. The van der Waals surface area contributed by atoms with Gasteiger partial charge >= 0.3 is 0 Å². The molecule has 3 aromatic rings. The van der Waals surface area contributed by atoms with Crippen molar-refractivity contribution in [1.82, 2.24) is 0 Å². The monoisotopic (exact) mass is 428 g/mol. The van der Waals surface area contributed by atoms with Crippen LogP contribution >= 0.6 is 11.6 Å². The largest absolute Gasteiger partial charge is 0.326 e. The number of carbonyl (C=O) groups excluding carboxylic acids is 1. The Hall–Kier alpha value is -2.83. The first kappa shape index (κ1) is 20.9. The van der Waals surface area contributed by atoms with Crippen molar-refractivity contribution in [2.45, 2.75) is 25.2 Å². The van der Waals surface area contributed by atoms with Gasteiger partial charge in [0.2, 0.25) is 5.91 Å². The molecule has 0 aromatic heterocycles. The lowest BCUT2D eigenvalue weighted by Crippen LogP contribution is -2.17. The van der Waals surface area contributed by atoms with E-state index in [4.69, 9.17) is 11.6 Å². The molecule has 0 saturated heterocycles. The Bertz CT molecular complexity index is 1160. The number of hydrogen-bond acceptors (Lipinski definition) is 3. The van der Waals surface area contributed by atoms with Crippen LogP contribution in [0.15, 0.2) is 71.6 Å². The number of rotatable bonds is 6. The van der Waals surface area contributed by atoms with Gasteiger partial charge in [-0.2, -0.15) is 0 Å². The lowest BCUT2D eigenvalue weighted by Gasteiger charge is -2.13. The summed E-state index contributed by atoms with van der Waals surface area (Å²) in [4.78, 5) is 12.5. The summed E-state index contributed by atoms with van der Waals surface area (Å²) in [6.07, 6.45) is 0.212. The molecular weight excluding hydrogens is 408 g/mol. The molecule has 5 nitrogen and oxygen atoms in total. The second-order valence-corrected chi connectivity index (χ2v) is 8.86. The standard InChI is InChI=1S/C22H21ClN2O3S/c1-15-6-3-4-7-17(15)12-22(26)24-21-14-20(11-10-16(21)2)29(27,28)25-19-9-5-8-18(23)13-19/h3-11,13-14,25H,12H2,1-2H3,(H,24,26). The van der Waals surface area contributed by atoms with Crippen LogP contribution in [0.1, 0.15) is 16.7 Å². The van der Waals surface area contributed by atoms with Gasteiger partial charge < -0.3 is 5.32 Å². The SMILES string of the molecule is Cc1ccccc1CC(=O)Nc1cc(S(=O)(=O)Nc2cccc(Cl)c2)ccc1C. The van der Waals surface area contributed by atoms with Crippen LogP contribution in [0.5, 0.6) is 0 Å². The van der Waals surface area contributed by atoms with E-state index in [0.717, 1.165) is 16.7 Å². The molecule has 150 valence electrons. The van der Waals surface area contributed by atoms with Gasteiger partial charge in [0, 0.05) is 10.7 Å². The Morgan fingerprint density at radius 2 is 1.69 bits per heavy atom. The van der Waals surface area contributed by atoms with E-state index >= 15 is 0 Å². The molecule has 0 radical (unpaired) electrons. The lowest BCUT2D eigenvalue weighted by atomic mass is 10.1. The minimum atomic E-state index is -3.83. The first-order chi connectivity index (χ1) is 13.7. The third-order valence-electron chi connectivity index (χ3n) is 4.48. The first-order valence-corrected chi connectivity index (χ1v) is 10.8. The minimum absolute atomic E-state index is 0.0502. The second-order valence-electron chi connectivity index (χ2n) is 6.74. The molecule has 2 N–H and O–H groups in total. The van der Waals surface area contributed by atoms with E-state index < -0.39 is 10.0 Å².